The maximum Gasteiger partial charge on any atom is 0.0385 e. The molecule has 2 aromatic rings. The molecule has 1 heteroatoms. The van der Waals surface area contributed by atoms with E-state index in [0.29, 0.717) is 5.92 Å². The highest BCUT2D eigenvalue weighted by Gasteiger charge is 2.08. The molecule has 0 aliphatic rings. The van der Waals surface area contributed by atoms with Gasteiger partial charge in [-0.15, -0.1) is 0 Å². The minimum absolute atomic E-state index is 0.478. The van der Waals surface area contributed by atoms with Crippen LogP contribution in [0.4, 0.5) is 5.69 Å². The standard InChI is InChI=1S/C16H19N/c1-12(2)15-10-6-9-14(16(15)17)11-13-7-4-3-5-8-13/h3-10,12H,11,17H2,1-2H3. The summed E-state index contributed by atoms with van der Waals surface area (Å²) >= 11 is 0. The Morgan fingerprint density at radius 2 is 1.65 bits per heavy atom. The molecule has 0 heterocycles. The highest BCUT2D eigenvalue weighted by molar-refractivity contribution is 5.56. The number of anilines is 1. The average Bonchev–Trinajstić information content (AvgIpc) is 2.33. The van der Waals surface area contributed by atoms with E-state index in [9.17, 15) is 0 Å². The van der Waals surface area contributed by atoms with Crippen molar-refractivity contribution in [1.82, 2.24) is 0 Å². The van der Waals surface area contributed by atoms with Gasteiger partial charge in [-0.1, -0.05) is 62.4 Å². The maximum atomic E-state index is 6.23. The van der Waals surface area contributed by atoms with Crippen LogP contribution in [0.5, 0.6) is 0 Å². The molecule has 0 fully saturated rings. The topological polar surface area (TPSA) is 26.0 Å². The van der Waals surface area contributed by atoms with Gasteiger partial charge in [0.25, 0.3) is 0 Å². The quantitative estimate of drug-likeness (QED) is 0.785. The zero-order valence-corrected chi connectivity index (χ0v) is 10.5. The van der Waals surface area contributed by atoms with Crippen molar-refractivity contribution in [2.45, 2.75) is 26.2 Å². The molecule has 0 saturated heterocycles. The molecule has 0 unspecified atom stereocenters. The summed E-state index contributed by atoms with van der Waals surface area (Å²) in [6.45, 7) is 4.36. The van der Waals surface area contributed by atoms with Crippen LogP contribution in [0.2, 0.25) is 0 Å². The molecule has 88 valence electrons. The van der Waals surface area contributed by atoms with E-state index >= 15 is 0 Å². The summed E-state index contributed by atoms with van der Waals surface area (Å²) in [5.41, 5.74) is 11.0. The minimum atomic E-state index is 0.478. The van der Waals surface area contributed by atoms with Gasteiger partial charge < -0.3 is 5.73 Å². The second-order valence-electron chi connectivity index (χ2n) is 4.74. The van der Waals surface area contributed by atoms with Crippen LogP contribution in [0.1, 0.15) is 36.5 Å². The van der Waals surface area contributed by atoms with Crippen molar-refractivity contribution >= 4 is 5.69 Å². The van der Waals surface area contributed by atoms with Gasteiger partial charge in [0.05, 0.1) is 0 Å². The molecule has 0 atom stereocenters. The molecule has 0 aromatic heterocycles. The van der Waals surface area contributed by atoms with Crippen LogP contribution in [-0.2, 0) is 6.42 Å². The molecular formula is C16H19N. The Morgan fingerprint density at radius 1 is 0.941 bits per heavy atom. The minimum Gasteiger partial charge on any atom is -0.398 e. The van der Waals surface area contributed by atoms with Gasteiger partial charge in [-0.3, -0.25) is 0 Å². The van der Waals surface area contributed by atoms with Gasteiger partial charge in [0.2, 0.25) is 0 Å². The van der Waals surface area contributed by atoms with Crippen LogP contribution in [-0.4, -0.2) is 0 Å². The first-order chi connectivity index (χ1) is 8.18. The van der Waals surface area contributed by atoms with E-state index in [1.54, 1.807) is 0 Å². The lowest BCUT2D eigenvalue weighted by atomic mass is 9.95. The Kier molecular flexibility index (Phi) is 3.48. The van der Waals surface area contributed by atoms with Gasteiger partial charge in [0.15, 0.2) is 0 Å². The Balaban J connectivity index is 2.31. The summed E-state index contributed by atoms with van der Waals surface area (Å²) in [6, 6.07) is 16.8. The summed E-state index contributed by atoms with van der Waals surface area (Å²) in [4.78, 5) is 0. The van der Waals surface area contributed by atoms with E-state index in [1.807, 2.05) is 6.07 Å². The third kappa shape index (κ3) is 2.68. The van der Waals surface area contributed by atoms with E-state index < -0.39 is 0 Å². The van der Waals surface area contributed by atoms with Crippen molar-refractivity contribution < 1.29 is 0 Å². The van der Waals surface area contributed by atoms with Crippen molar-refractivity contribution in [3.63, 3.8) is 0 Å². The van der Waals surface area contributed by atoms with E-state index in [-0.39, 0.29) is 0 Å². The molecule has 0 aliphatic carbocycles. The first-order valence-electron chi connectivity index (χ1n) is 6.09. The van der Waals surface area contributed by atoms with Crippen LogP contribution in [0.15, 0.2) is 48.5 Å². The average molecular weight is 225 g/mol. The van der Waals surface area contributed by atoms with Crippen LogP contribution in [0.3, 0.4) is 0 Å². The van der Waals surface area contributed by atoms with Crippen molar-refractivity contribution in [3.8, 4) is 0 Å². The molecule has 2 rings (SSSR count). The summed E-state index contributed by atoms with van der Waals surface area (Å²) in [6.07, 6.45) is 0.910. The molecule has 0 bridgehead atoms. The second-order valence-corrected chi connectivity index (χ2v) is 4.74. The summed E-state index contributed by atoms with van der Waals surface area (Å²) in [5, 5.41) is 0. The molecular weight excluding hydrogens is 206 g/mol. The van der Waals surface area contributed by atoms with Crippen LogP contribution in [0.25, 0.3) is 0 Å². The van der Waals surface area contributed by atoms with E-state index in [1.165, 1.54) is 16.7 Å². The number of hydrogen-bond donors (Lipinski definition) is 1. The van der Waals surface area contributed by atoms with Gasteiger partial charge in [0, 0.05) is 5.69 Å². The number of para-hydroxylation sites is 1. The Morgan fingerprint density at radius 3 is 2.29 bits per heavy atom. The predicted molar refractivity (Wildman–Crippen MR) is 74.2 cm³/mol. The summed E-state index contributed by atoms with van der Waals surface area (Å²) in [7, 11) is 0. The SMILES string of the molecule is CC(C)c1cccc(Cc2ccccc2)c1N. The third-order valence-electron chi connectivity index (χ3n) is 3.09. The fraction of sp³-hybridized carbons (Fsp3) is 0.250. The number of nitrogen functional groups attached to an aromatic ring is 1. The number of rotatable bonds is 3. The highest BCUT2D eigenvalue weighted by atomic mass is 14.6. The first-order valence-corrected chi connectivity index (χ1v) is 6.09. The van der Waals surface area contributed by atoms with Gasteiger partial charge in [0.1, 0.15) is 0 Å². The lowest BCUT2D eigenvalue weighted by Crippen LogP contribution is -2.01. The Labute approximate surface area is 103 Å². The van der Waals surface area contributed by atoms with Crippen LogP contribution >= 0.6 is 0 Å². The van der Waals surface area contributed by atoms with Gasteiger partial charge in [-0.2, -0.15) is 0 Å². The molecule has 0 radical (unpaired) electrons. The third-order valence-corrected chi connectivity index (χ3v) is 3.09. The lowest BCUT2D eigenvalue weighted by molar-refractivity contribution is 0.867. The zero-order valence-electron chi connectivity index (χ0n) is 10.5. The van der Waals surface area contributed by atoms with Crippen LogP contribution in [0, 0.1) is 0 Å². The second kappa shape index (κ2) is 5.05. The fourth-order valence-electron chi connectivity index (χ4n) is 2.11. The molecule has 1 nitrogen and oxygen atoms in total. The van der Waals surface area contributed by atoms with Gasteiger partial charge >= 0.3 is 0 Å². The van der Waals surface area contributed by atoms with Crippen LogP contribution < -0.4 is 5.73 Å². The molecule has 0 spiro atoms. The Bertz CT molecular complexity index is 486. The van der Waals surface area contributed by atoms with Gasteiger partial charge in [-0.25, -0.2) is 0 Å². The molecule has 2 N–H and O–H groups in total. The van der Waals surface area contributed by atoms with E-state index in [4.69, 9.17) is 5.73 Å². The smallest absolute Gasteiger partial charge is 0.0385 e. The Hall–Kier alpha value is -1.76. The summed E-state index contributed by atoms with van der Waals surface area (Å²) < 4.78 is 0. The normalized spacial score (nSPS) is 10.8. The van der Waals surface area contributed by atoms with Gasteiger partial charge in [-0.05, 0) is 29.0 Å². The van der Waals surface area contributed by atoms with E-state index in [0.717, 1.165) is 12.1 Å². The molecule has 0 saturated carbocycles. The van der Waals surface area contributed by atoms with E-state index in [2.05, 4.69) is 56.3 Å². The predicted octanol–water partition coefficient (Wildman–Crippen LogP) is 3.98. The van der Waals surface area contributed by atoms with Crippen molar-refractivity contribution in [2.24, 2.45) is 0 Å². The molecule has 17 heavy (non-hydrogen) atoms. The molecule has 0 amide bonds. The number of nitrogens with two attached hydrogens (primary N) is 1. The summed E-state index contributed by atoms with van der Waals surface area (Å²) in [5.74, 6) is 0.478. The highest BCUT2D eigenvalue weighted by Crippen LogP contribution is 2.26. The fourth-order valence-corrected chi connectivity index (χ4v) is 2.11. The number of hydrogen-bond acceptors (Lipinski definition) is 1. The zero-order chi connectivity index (χ0) is 12.3. The lowest BCUT2D eigenvalue weighted by Gasteiger charge is -2.13. The maximum absolute atomic E-state index is 6.23. The van der Waals surface area contributed by atoms with Crippen molar-refractivity contribution in [3.05, 3.63) is 65.2 Å². The molecule has 2 aromatic carbocycles. The molecule has 0 aliphatic heterocycles. The first kappa shape index (κ1) is 11.7. The monoisotopic (exact) mass is 225 g/mol. The van der Waals surface area contributed by atoms with Crippen molar-refractivity contribution in [1.29, 1.82) is 0 Å². The van der Waals surface area contributed by atoms with Crippen molar-refractivity contribution in [2.75, 3.05) is 5.73 Å². The number of benzene rings is 2. The largest absolute Gasteiger partial charge is 0.398 e.